The molecule has 6 nitrogen and oxygen atoms in total. The van der Waals surface area contributed by atoms with Crippen molar-refractivity contribution in [3.05, 3.63) is 45.2 Å². The van der Waals surface area contributed by atoms with Gasteiger partial charge in [-0.2, -0.15) is 0 Å². The molecular weight excluding hydrogens is 332 g/mol. The average molecular weight is 356 g/mol. The van der Waals surface area contributed by atoms with Crippen molar-refractivity contribution in [3.63, 3.8) is 0 Å². The zero-order valence-corrected chi connectivity index (χ0v) is 15.5. The van der Waals surface area contributed by atoms with Crippen molar-refractivity contribution in [1.29, 1.82) is 0 Å². The van der Waals surface area contributed by atoms with Crippen LogP contribution in [0.4, 0.5) is 5.69 Å². The van der Waals surface area contributed by atoms with Crippen molar-refractivity contribution in [2.24, 2.45) is 5.92 Å². The van der Waals surface area contributed by atoms with E-state index in [-0.39, 0.29) is 11.3 Å². The molecule has 0 saturated carbocycles. The molecule has 2 heterocycles. The Bertz CT molecular complexity index is 917. The van der Waals surface area contributed by atoms with E-state index in [2.05, 4.69) is 34.7 Å². The van der Waals surface area contributed by atoms with Crippen molar-refractivity contribution in [2.75, 3.05) is 25.6 Å². The van der Waals surface area contributed by atoms with Gasteiger partial charge in [0.15, 0.2) is 5.56 Å². The predicted octanol–water partition coefficient (Wildman–Crippen LogP) is 2.72. The molecule has 6 heteroatoms. The van der Waals surface area contributed by atoms with E-state index in [4.69, 9.17) is 0 Å². The number of hydrogen-bond donors (Lipinski definition) is 2. The molecular formula is C20H24N2O4. The fraction of sp³-hybridized carbons (Fsp3) is 0.400. The highest BCUT2D eigenvalue weighted by Gasteiger charge is 2.24. The number of carbonyl (C=O) groups is 1. The van der Waals surface area contributed by atoms with Crippen LogP contribution in [-0.4, -0.2) is 36.8 Å². The standard InChI is InChI=1S/C20H24N2O4/c1-5-14-17(21-19(24)16(18(14)23)20(25)26-4)12-6-7-15-13(9-12)8-11(2)10-22(15)3/h6-7,9,11H,5,8,10H2,1-4H3,(H2,21,23,24). The average Bonchev–Trinajstić information content (AvgIpc) is 2.60. The van der Waals surface area contributed by atoms with Gasteiger partial charge in [0, 0.05) is 24.8 Å². The molecule has 2 aromatic rings. The highest BCUT2D eigenvalue weighted by Crippen LogP contribution is 2.35. The summed E-state index contributed by atoms with van der Waals surface area (Å²) in [7, 11) is 3.26. The first-order valence-corrected chi connectivity index (χ1v) is 8.78. The first-order valence-electron chi connectivity index (χ1n) is 8.78. The number of carbonyl (C=O) groups excluding carboxylic acids is 1. The smallest absolute Gasteiger partial charge is 0.347 e. The second kappa shape index (κ2) is 6.86. The zero-order valence-electron chi connectivity index (χ0n) is 15.5. The summed E-state index contributed by atoms with van der Waals surface area (Å²) >= 11 is 0. The second-order valence-corrected chi connectivity index (χ2v) is 6.91. The number of aromatic amines is 1. The number of methoxy groups -OCH3 is 1. The molecule has 0 fully saturated rings. The molecule has 2 N–H and O–H groups in total. The summed E-state index contributed by atoms with van der Waals surface area (Å²) in [5.41, 5.74) is 3.30. The molecule has 1 aromatic heterocycles. The van der Waals surface area contributed by atoms with Gasteiger partial charge in [0.1, 0.15) is 5.75 Å². The van der Waals surface area contributed by atoms with E-state index in [1.165, 1.54) is 18.4 Å². The number of aromatic nitrogens is 1. The maximum atomic E-state index is 12.4. The van der Waals surface area contributed by atoms with Gasteiger partial charge in [-0.05, 0) is 42.0 Å². The van der Waals surface area contributed by atoms with Crippen LogP contribution in [0.1, 0.15) is 35.3 Å². The number of H-pyrrole nitrogens is 1. The molecule has 1 aliphatic heterocycles. The largest absolute Gasteiger partial charge is 0.506 e. The number of nitrogens with zero attached hydrogens (tertiary/aromatic N) is 1. The van der Waals surface area contributed by atoms with Crippen LogP contribution in [0.25, 0.3) is 11.3 Å². The molecule has 1 aliphatic rings. The van der Waals surface area contributed by atoms with Crippen molar-refractivity contribution in [3.8, 4) is 17.0 Å². The molecule has 0 aliphatic carbocycles. The molecule has 138 valence electrons. The van der Waals surface area contributed by atoms with E-state index in [1.807, 2.05) is 19.1 Å². The van der Waals surface area contributed by atoms with Gasteiger partial charge in [-0.1, -0.05) is 19.9 Å². The molecule has 0 saturated heterocycles. The Morgan fingerprint density at radius 1 is 1.42 bits per heavy atom. The fourth-order valence-corrected chi connectivity index (χ4v) is 3.79. The van der Waals surface area contributed by atoms with E-state index in [9.17, 15) is 14.7 Å². The highest BCUT2D eigenvalue weighted by atomic mass is 16.5. The van der Waals surface area contributed by atoms with Gasteiger partial charge in [0.25, 0.3) is 5.56 Å². The lowest BCUT2D eigenvalue weighted by Crippen LogP contribution is -2.30. The van der Waals surface area contributed by atoms with Crippen LogP contribution in [0.5, 0.6) is 5.75 Å². The van der Waals surface area contributed by atoms with Gasteiger partial charge in [0.05, 0.1) is 12.8 Å². The lowest BCUT2D eigenvalue weighted by molar-refractivity contribution is 0.0595. The second-order valence-electron chi connectivity index (χ2n) is 6.91. The minimum absolute atomic E-state index is 0.304. The Kier molecular flexibility index (Phi) is 4.76. The summed E-state index contributed by atoms with van der Waals surface area (Å²) < 4.78 is 4.62. The third-order valence-corrected chi connectivity index (χ3v) is 4.97. The molecule has 1 aromatic carbocycles. The molecule has 3 rings (SSSR count). The maximum Gasteiger partial charge on any atom is 0.347 e. The van der Waals surface area contributed by atoms with Crippen LogP contribution in [0.2, 0.25) is 0 Å². The van der Waals surface area contributed by atoms with Gasteiger partial charge in [-0.25, -0.2) is 4.79 Å². The minimum Gasteiger partial charge on any atom is -0.506 e. The molecule has 1 atom stereocenters. The summed E-state index contributed by atoms with van der Waals surface area (Å²) in [5.74, 6) is -0.602. The molecule has 1 unspecified atom stereocenters. The van der Waals surface area contributed by atoms with Crippen molar-refractivity contribution >= 4 is 11.7 Å². The fourth-order valence-electron chi connectivity index (χ4n) is 3.79. The summed E-state index contributed by atoms with van der Waals surface area (Å²) in [6.07, 6.45) is 1.43. The Balaban J connectivity index is 2.17. The zero-order chi connectivity index (χ0) is 19.0. The summed E-state index contributed by atoms with van der Waals surface area (Å²) in [6.45, 7) is 5.09. The lowest BCUT2D eigenvalue weighted by Gasteiger charge is -2.32. The number of rotatable bonds is 3. The Morgan fingerprint density at radius 3 is 2.81 bits per heavy atom. The van der Waals surface area contributed by atoms with Crippen LogP contribution >= 0.6 is 0 Å². The van der Waals surface area contributed by atoms with Crippen LogP contribution in [-0.2, 0) is 17.6 Å². The third kappa shape index (κ3) is 2.96. The first kappa shape index (κ1) is 18.0. The van der Waals surface area contributed by atoms with E-state index in [1.54, 1.807) is 0 Å². The highest BCUT2D eigenvalue weighted by molar-refractivity contribution is 5.93. The van der Waals surface area contributed by atoms with Gasteiger partial charge in [0.2, 0.25) is 0 Å². The molecule has 0 radical (unpaired) electrons. The quantitative estimate of drug-likeness (QED) is 0.827. The summed E-state index contributed by atoms with van der Waals surface area (Å²) in [4.78, 5) is 29.2. The van der Waals surface area contributed by atoms with Crippen molar-refractivity contribution in [2.45, 2.75) is 26.7 Å². The third-order valence-electron chi connectivity index (χ3n) is 4.97. The Hall–Kier alpha value is -2.76. The van der Waals surface area contributed by atoms with E-state index in [0.717, 1.165) is 18.5 Å². The number of nitrogens with one attached hydrogen (secondary N) is 1. The predicted molar refractivity (Wildman–Crippen MR) is 101 cm³/mol. The topological polar surface area (TPSA) is 82.6 Å². The van der Waals surface area contributed by atoms with Gasteiger partial charge >= 0.3 is 5.97 Å². The molecule has 0 amide bonds. The first-order chi connectivity index (χ1) is 12.4. The van der Waals surface area contributed by atoms with Crippen molar-refractivity contribution < 1.29 is 14.6 Å². The number of esters is 1. The van der Waals surface area contributed by atoms with E-state index in [0.29, 0.717) is 23.6 Å². The van der Waals surface area contributed by atoms with Gasteiger partial charge in [-0.15, -0.1) is 0 Å². The van der Waals surface area contributed by atoms with Crippen LogP contribution in [0, 0.1) is 5.92 Å². The number of aromatic hydroxyl groups is 1. The van der Waals surface area contributed by atoms with Gasteiger partial charge in [-0.3, -0.25) is 4.79 Å². The van der Waals surface area contributed by atoms with Crippen molar-refractivity contribution in [1.82, 2.24) is 4.98 Å². The van der Waals surface area contributed by atoms with E-state index < -0.39 is 11.5 Å². The number of benzene rings is 1. The number of pyridine rings is 1. The number of ether oxygens (including phenoxy) is 1. The Labute approximate surface area is 152 Å². The lowest BCUT2D eigenvalue weighted by atomic mass is 9.91. The summed E-state index contributed by atoms with van der Waals surface area (Å²) in [6, 6.07) is 6.04. The van der Waals surface area contributed by atoms with Crippen LogP contribution in [0.3, 0.4) is 0 Å². The van der Waals surface area contributed by atoms with Crippen LogP contribution < -0.4 is 10.5 Å². The molecule has 0 bridgehead atoms. The molecule has 26 heavy (non-hydrogen) atoms. The maximum absolute atomic E-state index is 12.4. The molecule has 0 spiro atoms. The number of hydrogen-bond acceptors (Lipinski definition) is 5. The summed E-state index contributed by atoms with van der Waals surface area (Å²) in [5, 5.41) is 10.5. The van der Waals surface area contributed by atoms with E-state index >= 15 is 0 Å². The minimum atomic E-state index is -0.842. The number of anilines is 1. The Morgan fingerprint density at radius 2 is 2.15 bits per heavy atom. The van der Waals surface area contributed by atoms with Crippen LogP contribution in [0.15, 0.2) is 23.0 Å². The SMILES string of the molecule is CCc1c(-c2ccc3c(c2)CC(C)CN3C)[nH]c(=O)c(C(=O)OC)c1O. The normalized spacial score (nSPS) is 16.3. The number of fused-ring (bicyclic) bond motifs is 1. The van der Waals surface area contributed by atoms with Gasteiger partial charge < -0.3 is 19.7 Å². The monoisotopic (exact) mass is 356 g/mol.